The van der Waals surface area contributed by atoms with Crippen LogP contribution in [-0.2, 0) is 9.53 Å². The van der Waals surface area contributed by atoms with Crippen LogP contribution < -0.4 is 10.6 Å². The highest BCUT2D eigenvalue weighted by molar-refractivity contribution is 5.82. The highest BCUT2D eigenvalue weighted by Crippen LogP contribution is 2.28. The highest BCUT2D eigenvalue weighted by Gasteiger charge is 2.35. The fourth-order valence-corrected chi connectivity index (χ4v) is 4.10. The number of amides is 1. The van der Waals surface area contributed by atoms with E-state index in [1.807, 2.05) is 0 Å². The molecule has 5 heteroatoms. The number of methoxy groups -OCH3 is 1. The Kier molecular flexibility index (Phi) is 7.31. The molecule has 2 aliphatic rings. The van der Waals surface area contributed by atoms with Gasteiger partial charge in [-0.1, -0.05) is 20.3 Å². The molecule has 5 nitrogen and oxygen atoms in total. The quantitative estimate of drug-likeness (QED) is 0.747. The van der Waals surface area contributed by atoms with Crippen molar-refractivity contribution >= 4 is 5.91 Å². The van der Waals surface area contributed by atoms with Gasteiger partial charge >= 0.3 is 0 Å². The number of nitrogens with one attached hydrogen (secondary N) is 2. The molecule has 0 aromatic heterocycles. The van der Waals surface area contributed by atoms with Crippen molar-refractivity contribution in [1.82, 2.24) is 15.5 Å². The molecule has 2 rings (SSSR count). The Balaban J connectivity index is 1.94. The maximum absolute atomic E-state index is 12.9. The second kappa shape index (κ2) is 9.00. The van der Waals surface area contributed by atoms with Gasteiger partial charge in [-0.3, -0.25) is 9.69 Å². The standard InChI is InChI=1S/C18H35N3O2/c1-15(2)16(21-11-5-4-6-12-21)17(22)20-13-18(14-23-3)7-9-19-10-8-18/h15-16,19H,4-14H2,1-3H3,(H,20,22). The van der Waals surface area contributed by atoms with E-state index in [-0.39, 0.29) is 17.4 Å². The zero-order valence-corrected chi connectivity index (χ0v) is 15.2. The van der Waals surface area contributed by atoms with Gasteiger partial charge in [0.05, 0.1) is 12.6 Å². The van der Waals surface area contributed by atoms with Crippen LogP contribution in [0, 0.1) is 11.3 Å². The van der Waals surface area contributed by atoms with E-state index in [0.29, 0.717) is 5.92 Å². The van der Waals surface area contributed by atoms with Crippen molar-refractivity contribution in [2.75, 3.05) is 46.4 Å². The van der Waals surface area contributed by atoms with E-state index in [2.05, 4.69) is 29.4 Å². The number of rotatable bonds is 7. The smallest absolute Gasteiger partial charge is 0.237 e. The summed E-state index contributed by atoms with van der Waals surface area (Å²) in [6.45, 7) is 9.93. The lowest BCUT2D eigenvalue weighted by Gasteiger charge is -2.39. The lowest BCUT2D eigenvalue weighted by molar-refractivity contribution is -0.129. The molecule has 2 aliphatic heterocycles. The molecule has 0 aromatic carbocycles. The Labute approximate surface area is 141 Å². The second-order valence-corrected chi connectivity index (χ2v) is 7.69. The van der Waals surface area contributed by atoms with Gasteiger partial charge in [-0.15, -0.1) is 0 Å². The summed E-state index contributed by atoms with van der Waals surface area (Å²) in [5, 5.41) is 6.67. The van der Waals surface area contributed by atoms with Gasteiger partial charge in [0, 0.05) is 19.1 Å². The van der Waals surface area contributed by atoms with E-state index < -0.39 is 0 Å². The van der Waals surface area contributed by atoms with Crippen LogP contribution in [0.5, 0.6) is 0 Å². The minimum absolute atomic E-state index is 0.0108. The molecule has 0 radical (unpaired) electrons. The lowest BCUT2D eigenvalue weighted by Crippen LogP contribution is -2.54. The summed E-state index contributed by atoms with van der Waals surface area (Å²) < 4.78 is 5.45. The molecule has 0 bridgehead atoms. The highest BCUT2D eigenvalue weighted by atomic mass is 16.5. The molecule has 0 saturated carbocycles. The molecule has 2 heterocycles. The van der Waals surface area contributed by atoms with Gasteiger partial charge in [-0.05, 0) is 57.8 Å². The molecule has 23 heavy (non-hydrogen) atoms. The molecule has 1 atom stereocenters. The van der Waals surface area contributed by atoms with Gasteiger partial charge < -0.3 is 15.4 Å². The molecule has 0 spiro atoms. The van der Waals surface area contributed by atoms with Crippen LogP contribution in [0.15, 0.2) is 0 Å². The first kappa shape index (κ1) is 18.7. The third-order valence-electron chi connectivity index (χ3n) is 5.44. The van der Waals surface area contributed by atoms with Crippen LogP contribution in [0.3, 0.4) is 0 Å². The largest absolute Gasteiger partial charge is 0.384 e. The summed E-state index contributed by atoms with van der Waals surface area (Å²) >= 11 is 0. The second-order valence-electron chi connectivity index (χ2n) is 7.69. The summed E-state index contributed by atoms with van der Waals surface area (Å²) in [6, 6.07) is 0.0108. The number of likely N-dealkylation sites (tertiary alicyclic amines) is 1. The number of carbonyl (C=O) groups is 1. The van der Waals surface area contributed by atoms with E-state index in [9.17, 15) is 4.79 Å². The van der Waals surface area contributed by atoms with Gasteiger partial charge in [-0.25, -0.2) is 0 Å². The van der Waals surface area contributed by atoms with E-state index in [1.165, 1.54) is 19.3 Å². The fourth-order valence-electron chi connectivity index (χ4n) is 4.10. The van der Waals surface area contributed by atoms with Crippen molar-refractivity contribution in [3.05, 3.63) is 0 Å². The molecule has 1 amide bonds. The predicted molar refractivity (Wildman–Crippen MR) is 93.5 cm³/mol. The number of carbonyl (C=O) groups excluding carboxylic acids is 1. The topological polar surface area (TPSA) is 53.6 Å². The molecule has 2 fully saturated rings. The van der Waals surface area contributed by atoms with E-state index >= 15 is 0 Å². The number of hydrogen-bond donors (Lipinski definition) is 2. The third kappa shape index (κ3) is 5.16. The molecule has 2 N–H and O–H groups in total. The first-order valence-electron chi connectivity index (χ1n) is 9.29. The van der Waals surface area contributed by atoms with Gasteiger partial charge in [0.1, 0.15) is 0 Å². The van der Waals surface area contributed by atoms with E-state index in [1.54, 1.807) is 7.11 Å². The van der Waals surface area contributed by atoms with Crippen LogP contribution >= 0.6 is 0 Å². The molecule has 0 aliphatic carbocycles. The van der Waals surface area contributed by atoms with E-state index in [4.69, 9.17) is 4.74 Å². The number of ether oxygens (including phenoxy) is 1. The number of hydrogen-bond acceptors (Lipinski definition) is 4. The zero-order chi connectivity index (χ0) is 16.7. The lowest BCUT2D eigenvalue weighted by atomic mass is 9.79. The summed E-state index contributed by atoms with van der Waals surface area (Å²) in [4.78, 5) is 15.2. The van der Waals surface area contributed by atoms with Crippen LogP contribution in [0.4, 0.5) is 0 Å². The van der Waals surface area contributed by atoms with Crippen LogP contribution in [0.2, 0.25) is 0 Å². The van der Waals surface area contributed by atoms with E-state index in [0.717, 1.165) is 52.2 Å². The Morgan fingerprint density at radius 1 is 1.22 bits per heavy atom. The van der Waals surface area contributed by atoms with Gasteiger partial charge in [-0.2, -0.15) is 0 Å². The Bertz CT molecular complexity index is 356. The van der Waals surface area contributed by atoms with Crippen molar-refractivity contribution < 1.29 is 9.53 Å². The first-order valence-corrected chi connectivity index (χ1v) is 9.29. The average Bonchev–Trinajstić information content (AvgIpc) is 2.55. The van der Waals surface area contributed by atoms with Crippen molar-refractivity contribution in [3.63, 3.8) is 0 Å². The maximum atomic E-state index is 12.9. The van der Waals surface area contributed by atoms with Crippen molar-refractivity contribution in [2.45, 2.75) is 52.0 Å². The normalized spacial score (nSPS) is 23.7. The Hall–Kier alpha value is -0.650. The van der Waals surface area contributed by atoms with Crippen molar-refractivity contribution in [2.24, 2.45) is 11.3 Å². The first-order chi connectivity index (χ1) is 11.1. The SMILES string of the molecule is COCC1(CNC(=O)C(C(C)C)N2CCCCC2)CCNCC1. The summed E-state index contributed by atoms with van der Waals surface area (Å²) in [6.07, 6.45) is 5.87. The monoisotopic (exact) mass is 325 g/mol. The van der Waals surface area contributed by atoms with Crippen LogP contribution in [-0.4, -0.2) is 63.3 Å². The van der Waals surface area contributed by atoms with Crippen molar-refractivity contribution in [1.29, 1.82) is 0 Å². The fraction of sp³-hybridized carbons (Fsp3) is 0.944. The molecule has 134 valence electrons. The Morgan fingerprint density at radius 2 is 1.87 bits per heavy atom. The minimum atomic E-state index is 0.0108. The molecule has 0 aromatic rings. The summed E-state index contributed by atoms with van der Waals surface area (Å²) in [7, 11) is 1.76. The molecule has 1 unspecified atom stereocenters. The van der Waals surface area contributed by atoms with Gasteiger partial charge in [0.15, 0.2) is 0 Å². The molecule has 2 saturated heterocycles. The zero-order valence-electron chi connectivity index (χ0n) is 15.2. The number of nitrogens with zero attached hydrogens (tertiary/aromatic N) is 1. The van der Waals surface area contributed by atoms with Crippen molar-refractivity contribution in [3.8, 4) is 0 Å². The van der Waals surface area contributed by atoms with Crippen LogP contribution in [0.25, 0.3) is 0 Å². The van der Waals surface area contributed by atoms with Crippen LogP contribution in [0.1, 0.15) is 46.0 Å². The predicted octanol–water partition coefficient (Wildman–Crippen LogP) is 1.63. The maximum Gasteiger partial charge on any atom is 0.237 e. The summed E-state index contributed by atoms with van der Waals surface area (Å²) in [5.74, 6) is 0.551. The van der Waals surface area contributed by atoms with Gasteiger partial charge in [0.25, 0.3) is 0 Å². The Morgan fingerprint density at radius 3 is 2.43 bits per heavy atom. The minimum Gasteiger partial charge on any atom is -0.384 e. The number of piperidine rings is 2. The molecular weight excluding hydrogens is 290 g/mol. The van der Waals surface area contributed by atoms with Gasteiger partial charge in [0.2, 0.25) is 5.91 Å². The third-order valence-corrected chi connectivity index (χ3v) is 5.44. The average molecular weight is 325 g/mol. The molecular formula is C18H35N3O2. The summed E-state index contributed by atoms with van der Waals surface area (Å²) in [5.41, 5.74) is 0.0963.